The van der Waals surface area contributed by atoms with E-state index in [0.29, 0.717) is 13.2 Å². The molecule has 8 heteroatoms. The molecule has 1 atom stereocenters. The molecule has 7 nitrogen and oxygen atoms in total. The third kappa shape index (κ3) is 6.37. The Hall–Kier alpha value is -1.26. The van der Waals surface area contributed by atoms with Gasteiger partial charge in [0.15, 0.2) is 5.96 Å². The molecule has 2 heterocycles. The summed E-state index contributed by atoms with van der Waals surface area (Å²) in [7, 11) is 1.80. The molecule has 2 aliphatic rings. The van der Waals surface area contributed by atoms with Crippen molar-refractivity contribution in [3.05, 3.63) is 23.3 Å². The Morgan fingerprint density at radius 3 is 2.67 bits per heavy atom. The van der Waals surface area contributed by atoms with Crippen LogP contribution in [0.2, 0.25) is 0 Å². The van der Waals surface area contributed by atoms with Gasteiger partial charge in [-0.05, 0) is 39.8 Å². The van der Waals surface area contributed by atoms with Gasteiger partial charge in [0, 0.05) is 56.3 Å². The van der Waals surface area contributed by atoms with E-state index in [2.05, 4.69) is 53.4 Å². The number of morpholine rings is 1. The van der Waals surface area contributed by atoms with Gasteiger partial charge in [0.25, 0.3) is 0 Å². The number of hydrogen-bond donors (Lipinski definition) is 2. The Bertz CT molecular complexity index is 721. The van der Waals surface area contributed by atoms with Crippen LogP contribution in [0.1, 0.15) is 38.8 Å². The van der Waals surface area contributed by atoms with Gasteiger partial charge in [0.2, 0.25) is 0 Å². The maximum absolute atomic E-state index is 5.93. The van der Waals surface area contributed by atoms with E-state index in [9.17, 15) is 0 Å². The SMILES string of the molecule is CCOc1cc2c(cc1CNC(=NC)NCC(C)(C)N1CCOCC1)OC(C)C2.I. The minimum absolute atomic E-state index is 0. The van der Waals surface area contributed by atoms with Crippen LogP contribution in [-0.4, -0.2) is 69.0 Å². The number of rotatable bonds is 7. The van der Waals surface area contributed by atoms with Gasteiger partial charge in [-0.3, -0.25) is 9.89 Å². The number of guanidine groups is 1. The molecule has 0 radical (unpaired) electrons. The quantitative estimate of drug-likeness (QED) is 0.320. The van der Waals surface area contributed by atoms with E-state index in [1.165, 1.54) is 5.56 Å². The minimum atomic E-state index is 0. The summed E-state index contributed by atoms with van der Waals surface area (Å²) in [5.74, 6) is 2.67. The Morgan fingerprint density at radius 2 is 2.00 bits per heavy atom. The van der Waals surface area contributed by atoms with Crippen LogP contribution in [0.5, 0.6) is 11.5 Å². The topological polar surface area (TPSA) is 67.4 Å². The normalized spacial score (nSPS) is 19.5. The van der Waals surface area contributed by atoms with Gasteiger partial charge in [-0.2, -0.15) is 0 Å². The van der Waals surface area contributed by atoms with E-state index in [1.54, 1.807) is 7.05 Å². The number of nitrogens with one attached hydrogen (secondary N) is 2. The van der Waals surface area contributed by atoms with Gasteiger partial charge in [0.1, 0.15) is 17.6 Å². The van der Waals surface area contributed by atoms with Crippen LogP contribution < -0.4 is 20.1 Å². The van der Waals surface area contributed by atoms with Crippen LogP contribution in [0.3, 0.4) is 0 Å². The molecule has 1 aromatic rings. The standard InChI is InChI=1S/C22H36N4O3.HI/c1-6-28-19-12-17-11-16(2)29-20(17)13-18(19)14-24-21(23-5)25-15-22(3,4)26-7-9-27-10-8-26;/h12-13,16H,6-11,14-15H2,1-5H3,(H2,23,24,25);1H. The van der Waals surface area contributed by atoms with Gasteiger partial charge >= 0.3 is 0 Å². The second-order valence-corrected chi connectivity index (χ2v) is 8.32. The molecule has 0 amide bonds. The van der Waals surface area contributed by atoms with Crippen LogP contribution in [0.15, 0.2) is 17.1 Å². The highest BCUT2D eigenvalue weighted by molar-refractivity contribution is 14.0. The maximum Gasteiger partial charge on any atom is 0.191 e. The average Bonchev–Trinajstić information content (AvgIpc) is 3.07. The molecule has 0 aromatic heterocycles. The smallest absolute Gasteiger partial charge is 0.191 e. The molecule has 0 saturated carbocycles. The Balaban J connectivity index is 0.00000320. The van der Waals surface area contributed by atoms with Crippen molar-refractivity contribution in [3.8, 4) is 11.5 Å². The first-order valence-electron chi connectivity index (χ1n) is 10.7. The molecule has 0 aliphatic carbocycles. The Morgan fingerprint density at radius 1 is 1.27 bits per heavy atom. The van der Waals surface area contributed by atoms with Gasteiger partial charge in [-0.25, -0.2) is 0 Å². The van der Waals surface area contributed by atoms with Gasteiger partial charge in [-0.15, -0.1) is 24.0 Å². The number of hydrogen-bond acceptors (Lipinski definition) is 5. The highest BCUT2D eigenvalue weighted by Gasteiger charge is 2.28. The summed E-state index contributed by atoms with van der Waals surface area (Å²) >= 11 is 0. The maximum atomic E-state index is 5.93. The molecule has 2 aliphatic heterocycles. The molecular weight excluding hydrogens is 495 g/mol. The summed E-state index contributed by atoms with van der Waals surface area (Å²) in [6.07, 6.45) is 1.16. The summed E-state index contributed by atoms with van der Waals surface area (Å²) in [4.78, 5) is 6.85. The first kappa shape index (κ1) is 25.0. The Kier molecular flexibility index (Phi) is 9.49. The predicted molar refractivity (Wildman–Crippen MR) is 131 cm³/mol. The summed E-state index contributed by atoms with van der Waals surface area (Å²) in [6, 6.07) is 4.22. The highest BCUT2D eigenvalue weighted by atomic mass is 127. The number of aliphatic imine (C=N–C) groups is 1. The molecule has 2 N–H and O–H groups in total. The number of halogens is 1. The molecule has 1 fully saturated rings. The zero-order valence-electron chi connectivity index (χ0n) is 18.9. The van der Waals surface area contributed by atoms with E-state index in [0.717, 1.165) is 62.3 Å². The molecular formula is C22H37IN4O3. The second kappa shape index (κ2) is 11.4. The van der Waals surface area contributed by atoms with Crippen LogP contribution in [0.4, 0.5) is 0 Å². The zero-order chi connectivity index (χ0) is 20.9. The van der Waals surface area contributed by atoms with E-state index < -0.39 is 0 Å². The lowest BCUT2D eigenvalue weighted by atomic mass is 10.0. The van der Waals surface area contributed by atoms with E-state index in [1.807, 2.05) is 6.92 Å². The molecule has 3 rings (SSSR count). The van der Waals surface area contributed by atoms with Crippen LogP contribution in [0, 0.1) is 0 Å². The van der Waals surface area contributed by atoms with Crippen molar-refractivity contribution >= 4 is 29.9 Å². The first-order valence-corrected chi connectivity index (χ1v) is 10.7. The largest absolute Gasteiger partial charge is 0.494 e. The number of ether oxygens (including phenoxy) is 3. The molecule has 1 saturated heterocycles. The summed E-state index contributed by atoms with van der Waals surface area (Å²) in [5.41, 5.74) is 2.32. The second-order valence-electron chi connectivity index (χ2n) is 8.32. The summed E-state index contributed by atoms with van der Waals surface area (Å²) in [5, 5.41) is 6.89. The lowest BCUT2D eigenvalue weighted by Crippen LogP contribution is -2.56. The summed E-state index contributed by atoms with van der Waals surface area (Å²) in [6.45, 7) is 14.2. The van der Waals surface area contributed by atoms with Crippen LogP contribution in [0.25, 0.3) is 0 Å². The van der Waals surface area contributed by atoms with Crippen molar-refractivity contribution in [1.82, 2.24) is 15.5 Å². The van der Waals surface area contributed by atoms with Gasteiger partial charge in [-0.1, -0.05) is 0 Å². The Labute approximate surface area is 197 Å². The monoisotopic (exact) mass is 532 g/mol. The van der Waals surface area contributed by atoms with Crippen molar-refractivity contribution < 1.29 is 14.2 Å². The fourth-order valence-electron chi connectivity index (χ4n) is 3.89. The molecule has 1 aromatic carbocycles. The third-order valence-electron chi connectivity index (χ3n) is 5.60. The van der Waals surface area contributed by atoms with Crippen LogP contribution in [-0.2, 0) is 17.7 Å². The van der Waals surface area contributed by atoms with Crippen molar-refractivity contribution in [2.24, 2.45) is 4.99 Å². The van der Waals surface area contributed by atoms with Crippen molar-refractivity contribution in [2.45, 2.75) is 52.3 Å². The highest BCUT2D eigenvalue weighted by Crippen LogP contribution is 2.35. The number of nitrogens with zero attached hydrogens (tertiary/aromatic N) is 2. The van der Waals surface area contributed by atoms with Crippen molar-refractivity contribution in [3.63, 3.8) is 0 Å². The van der Waals surface area contributed by atoms with Crippen LogP contribution >= 0.6 is 24.0 Å². The lowest BCUT2D eigenvalue weighted by molar-refractivity contribution is -0.00834. The average molecular weight is 532 g/mol. The van der Waals surface area contributed by atoms with Gasteiger partial charge < -0.3 is 24.8 Å². The fraction of sp³-hybridized carbons (Fsp3) is 0.682. The third-order valence-corrected chi connectivity index (χ3v) is 5.60. The molecule has 0 bridgehead atoms. The first-order chi connectivity index (χ1) is 13.9. The lowest BCUT2D eigenvalue weighted by Gasteiger charge is -2.41. The van der Waals surface area contributed by atoms with E-state index >= 15 is 0 Å². The molecule has 1 unspecified atom stereocenters. The molecule has 30 heavy (non-hydrogen) atoms. The van der Waals surface area contributed by atoms with E-state index in [4.69, 9.17) is 14.2 Å². The number of benzene rings is 1. The van der Waals surface area contributed by atoms with Crippen molar-refractivity contribution in [1.29, 1.82) is 0 Å². The van der Waals surface area contributed by atoms with Gasteiger partial charge in [0.05, 0.1) is 19.8 Å². The minimum Gasteiger partial charge on any atom is -0.494 e. The number of fused-ring (bicyclic) bond motifs is 1. The molecule has 0 spiro atoms. The summed E-state index contributed by atoms with van der Waals surface area (Å²) < 4.78 is 17.3. The fourth-order valence-corrected chi connectivity index (χ4v) is 3.89. The molecule has 170 valence electrons. The zero-order valence-corrected chi connectivity index (χ0v) is 21.2. The predicted octanol–water partition coefficient (Wildman–Crippen LogP) is 2.80. The van der Waals surface area contributed by atoms with Crippen molar-refractivity contribution in [2.75, 3.05) is 46.5 Å². The van der Waals surface area contributed by atoms with E-state index in [-0.39, 0.29) is 35.6 Å².